The van der Waals surface area contributed by atoms with Crippen molar-refractivity contribution < 1.29 is 4.74 Å². The molecule has 0 N–H and O–H groups in total. The number of hydrogen-bond donors (Lipinski definition) is 0. The Morgan fingerprint density at radius 1 is 1.39 bits per heavy atom. The van der Waals surface area contributed by atoms with Crippen LogP contribution in [0.25, 0.3) is 0 Å². The van der Waals surface area contributed by atoms with E-state index in [9.17, 15) is 0 Å². The molecular weight excluding hydrogens is 308 g/mol. The molecule has 0 bridgehead atoms. The lowest BCUT2D eigenvalue weighted by molar-refractivity contribution is 0.121. The highest BCUT2D eigenvalue weighted by molar-refractivity contribution is 7.09. The molecule has 0 aromatic carbocycles. The summed E-state index contributed by atoms with van der Waals surface area (Å²) in [6.45, 7) is 4.70. The maximum Gasteiger partial charge on any atom is 0.131 e. The first kappa shape index (κ1) is 16.4. The molecular formula is C17H24N4OS. The maximum atomic E-state index is 5.81. The molecule has 3 rings (SSSR count). The van der Waals surface area contributed by atoms with Gasteiger partial charge in [-0.05, 0) is 17.9 Å². The van der Waals surface area contributed by atoms with Gasteiger partial charge in [-0.2, -0.15) is 0 Å². The molecule has 6 heteroatoms. The number of aromatic nitrogens is 2. The van der Waals surface area contributed by atoms with Crippen molar-refractivity contribution >= 4 is 17.2 Å². The van der Waals surface area contributed by atoms with Gasteiger partial charge >= 0.3 is 0 Å². The average Bonchev–Trinajstić information content (AvgIpc) is 2.94. The SMILES string of the molecule is CN(C)c1cc(CC2COCCN(Cc3cccs3)C2)ncn1. The zero-order chi connectivity index (χ0) is 16.1. The number of hydrogen-bond acceptors (Lipinski definition) is 6. The van der Waals surface area contributed by atoms with Crippen molar-refractivity contribution in [2.45, 2.75) is 13.0 Å². The fourth-order valence-corrected chi connectivity index (χ4v) is 3.63. The van der Waals surface area contributed by atoms with Crippen molar-refractivity contribution in [2.24, 2.45) is 5.92 Å². The van der Waals surface area contributed by atoms with E-state index < -0.39 is 0 Å². The summed E-state index contributed by atoms with van der Waals surface area (Å²) < 4.78 is 5.81. The Labute approximate surface area is 141 Å². The lowest BCUT2D eigenvalue weighted by atomic mass is 10.0. The third-order valence-electron chi connectivity index (χ3n) is 4.05. The van der Waals surface area contributed by atoms with Gasteiger partial charge in [-0.15, -0.1) is 11.3 Å². The molecule has 1 saturated heterocycles. The Hall–Kier alpha value is -1.50. The molecule has 1 fully saturated rings. The van der Waals surface area contributed by atoms with Gasteiger partial charge in [-0.1, -0.05) is 6.07 Å². The Kier molecular flexibility index (Phi) is 5.59. The van der Waals surface area contributed by atoms with E-state index in [1.807, 2.05) is 30.3 Å². The normalized spacial score (nSPS) is 19.5. The van der Waals surface area contributed by atoms with Crippen molar-refractivity contribution in [1.29, 1.82) is 0 Å². The molecule has 0 saturated carbocycles. The molecule has 1 unspecified atom stereocenters. The number of ether oxygens (including phenoxy) is 1. The molecule has 23 heavy (non-hydrogen) atoms. The van der Waals surface area contributed by atoms with Crippen LogP contribution in [0.5, 0.6) is 0 Å². The topological polar surface area (TPSA) is 41.5 Å². The molecule has 0 aliphatic carbocycles. The van der Waals surface area contributed by atoms with Gasteiger partial charge in [-0.3, -0.25) is 4.90 Å². The summed E-state index contributed by atoms with van der Waals surface area (Å²) in [5.74, 6) is 1.43. The lowest BCUT2D eigenvalue weighted by Gasteiger charge is -2.22. The quantitative estimate of drug-likeness (QED) is 0.840. The monoisotopic (exact) mass is 332 g/mol. The second-order valence-corrected chi connectivity index (χ2v) is 7.25. The van der Waals surface area contributed by atoms with Gasteiger partial charge in [-0.25, -0.2) is 9.97 Å². The second kappa shape index (κ2) is 7.86. The molecule has 1 atom stereocenters. The molecule has 0 spiro atoms. The van der Waals surface area contributed by atoms with Crippen LogP contribution in [-0.2, 0) is 17.7 Å². The highest BCUT2D eigenvalue weighted by Crippen LogP contribution is 2.18. The Morgan fingerprint density at radius 2 is 2.30 bits per heavy atom. The minimum atomic E-state index is 0.474. The molecule has 2 aromatic rings. The largest absolute Gasteiger partial charge is 0.380 e. The van der Waals surface area contributed by atoms with Crippen LogP contribution in [0.15, 0.2) is 29.9 Å². The first-order valence-corrected chi connectivity index (χ1v) is 8.89. The summed E-state index contributed by atoms with van der Waals surface area (Å²) in [5.41, 5.74) is 1.09. The smallest absolute Gasteiger partial charge is 0.131 e. The molecule has 0 radical (unpaired) electrons. The molecule has 124 valence electrons. The minimum absolute atomic E-state index is 0.474. The van der Waals surface area contributed by atoms with Crippen LogP contribution in [0.4, 0.5) is 5.82 Å². The van der Waals surface area contributed by atoms with Crippen LogP contribution < -0.4 is 4.90 Å². The Morgan fingerprint density at radius 3 is 3.09 bits per heavy atom. The first-order valence-electron chi connectivity index (χ1n) is 8.01. The summed E-state index contributed by atoms with van der Waals surface area (Å²) in [6.07, 6.45) is 2.59. The van der Waals surface area contributed by atoms with Crippen molar-refractivity contribution in [3.63, 3.8) is 0 Å². The molecule has 2 aromatic heterocycles. The van der Waals surface area contributed by atoms with Gasteiger partial charge in [0.2, 0.25) is 0 Å². The Balaban J connectivity index is 1.63. The van der Waals surface area contributed by atoms with E-state index >= 15 is 0 Å². The van der Waals surface area contributed by atoms with Crippen molar-refractivity contribution in [1.82, 2.24) is 14.9 Å². The van der Waals surface area contributed by atoms with Gasteiger partial charge in [0, 0.05) is 56.3 Å². The molecule has 1 aliphatic heterocycles. The van der Waals surface area contributed by atoms with E-state index in [2.05, 4.69) is 38.4 Å². The second-order valence-electron chi connectivity index (χ2n) is 6.22. The predicted octanol–water partition coefficient (Wildman–Crippen LogP) is 2.30. The lowest BCUT2D eigenvalue weighted by Crippen LogP contribution is -2.30. The fourth-order valence-electron chi connectivity index (χ4n) is 2.88. The van der Waals surface area contributed by atoms with Crippen LogP contribution in [0.2, 0.25) is 0 Å². The summed E-state index contributed by atoms with van der Waals surface area (Å²) in [5, 5.41) is 2.14. The van der Waals surface area contributed by atoms with E-state index in [-0.39, 0.29) is 0 Å². The summed E-state index contributed by atoms with van der Waals surface area (Å²) in [4.78, 5) is 14.7. The molecule has 5 nitrogen and oxygen atoms in total. The number of nitrogens with zero attached hydrogens (tertiary/aromatic N) is 4. The van der Waals surface area contributed by atoms with Crippen LogP contribution >= 0.6 is 11.3 Å². The zero-order valence-corrected chi connectivity index (χ0v) is 14.6. The average molecular weight is 332 g/mol. The van der Waals surface area contributed by atoms with E-state index in [0.717, 1.165) is 50.8 Å². The zero-order valence-electron chi connectivity index (χ0n) is 13.8. The first-order chi connectivity index (χ1) is 11.2. The van der Waals surface area contributed by atoms with Gasteiger partial charge in [0.1, 0.15) is 12.1 Å². The predicted molar refractivity (Wildman–Crippen MR) is 94.0 cm³/mol. The highest BCUT2D eigenvalue weighted by atomic mass is 32.1. The number of thiophene rings is 1. The third-order valence-corrected chi connectivity index (χ3v) is 4.91. The number of rotatable bonds is 5. The van der Waals surface area contributed by atoms with Crippen LogP contribution in [0.1, 0.15) is 10.6 Å². The van der Waals surface area contributed by atoms with Gasteiger partial charge < -0.3 is 9.64 Å². The van der Waals surface area contributed by atoms with Crippen molar-refractivity contribution in [2.75, 3.05) is 45.3 Å². The molecule has 1 aliphatic rings. The standard InChI is InChI=1S/C17H24N4OS/c1-20(2)17-9-15(18-13-19-17)8-14-10-21(5-6-22-12-14)11-16-4-3-7-23-16/h3-4,7,9,13-14H,5-6,8,10-12H2,1-2H3. The summed E-state index contributed by atoms with van der Waals surface area (Å²) >= 11 is 1.83. The summed E-state index contributed by atoms with van der Waals surface area (Å²) in [6, 6.07) is 6.41. The van der Waals surface area contributed by atoms with E-state index in [0.29, 0.717) is 5.92 Å². The summed E-state index contributed by atoms with van der Waals surface area (Å²) in [7, 11) is 4.01. The molecule has 3 heterocycles. The maximum absolute atomic E-state index is 5.81. The van der Waals surface area contributed by atoms with E-state index in [1.165, 1.54) is 4.88 Å². The van der Waals surface area contributed by atoms with E-state index in [1.54, 1.807) is 6.33 Å². The molecule has 0 amide bonds. The Bertz CT molecular complexity index is 602. The van der Waals surface area contributed by atoms with Crippen LogP contribution in [-0.4, -0.2) is 55.3 Å². The van der Waals surface area contributed by atoms with Crippen LogP contribution in [0, 0.1) is 5.92 Å². The van der Waals surface area contributed by atoms with Gasteiger partial charge in [0.15, 0.2) is 0 Å². The van der Waals surface area contributed by atoms with Gasteiger partial charge in [0.05, 0.1) is 13.2 Å². The van der Waals surface area contributed by atoms with Crippen molar-refractivity contribution in [3.8, 4) is 0 Å². The number of anilines is 1. The minimum Gasteiger partial charge on any atom is -0.380 e. The van der Waals surface area contributed by atoms with Crippen molar-refractivity contribution in [3.05, 3.63) is 40.5 Å². The fraction of sp³-hybridized carbons (Fsp3) is 0.529. The third kappa shape index (κ3) is 4.73. The van der Waals surface area contributed by atoms with E-state index in [4.69, 9.17) is 4.74 Å². The van der Waals surface area contributed by atoms with Gasteiger partial charge in [0.25, 0.3) is 0 Å². The van der Waals surface area contributed by atoms with Crippen LogP contribution in [0.3, 0.4) is 0 Å². The highest BCUT2D eigenvalue weighted by Gasteiger charge is 2.20.